The van der Waals surface area contributed by atoms with E-state index in [0.717, 1.165) is 5.56 Å². The van der Waals surface area contributed by atoms with Crippen LogP contribution in [0, 0.1) is 0 Å². The largest absolute Gasteiger partial charge is 0.357 e. The number of rotatable bonds is 5. The molecule has 9 nitrogen and oxygen atoms in total. The molecule has 0 aliphatic rings. The van der Waals surface area contributed by atoms with E-state index in [1.807, 2.05) is 19.3 Å². The van der Waals surface area contributed by atoms with Crippen LogP contribution in [0.1, 0.15) is 5.56 Å². The zero-order valence-electron chi connectivity index (χ0n) is 11.7. The third-order valence-electron chi connectivity index (χ3n) is 2.77. The second kappa shape index (κ2) is 5.57. The maximum atomic E-state index is 4.35. The molecule has 0 radical (unpaired) electrons. The van der Waals surface area contributed by atoms with Gasteiger partial charge in [0.2, 0.25) is 11.9 Å². The number of nitrogens with zero attached hydrogens (tertiary/aromatic N) is 7. The van der Waals surface area contributed by atoms with E-state index in [1.54, 1.807) is 35.0 Å². The summed E-state index contributed by atoms with van der Waals surface area (Å²) in [5.74, 6) is 1.40. The highest BCUT2D eigenvalue weighted by atomic mass is 15.4. The molecule has 3 aromatic rings. The third kappa shape index (κ3) is 2.96. The van der Waals surface area contributed by atoms with Crippen LogP contribution >= 0.6 is 0 Å². The smallest absolute Gasteiger partial charge is 0.257 e. The molecular weight excluding hydrogens is 270 g/mol. The molecule has 3 aromatic heterocycles. The van der Waals surface area contributed by atoms with E-state index in [9.17, 15) is 0 Å². The molecule has 0 saturated carbocycles. The summed E-state index contributed by atoms with van der Waals surface area (Å²) < 4.78 is 3.33. The molecule has 0 atom stereocenters. The lowest BCUT2D eigenvalue weighted by molar-refractivity contribution is 0.767. The van der Waals surface area contributed by atoms with Crippen LogP contribution in [0.15, 0.2) is 30.9 Å². The van der Waals surface area contributed by atoms with Crippen molar-refractivity contribution in [2.75, 3.05) is 17.7 Å². The molecule has 2 N–H and O–H groups in total. The van der Waals surface area contributed by atoms with Gasteiger partial charge in [0.05, 0.1) is 6.20 Å². The Morgan fingerprint density at radius 3 is 2.67 bits per heavy atom. The van der Waals surface area contributed by atoms with Gasteiger partial charge in [-0.1, -0.05) is 0 Å². The summed E-state index contributed by atoms with van der Waals surface area (Å²) in [5, 5.41) is 14.3. The lowest BCUT2D eigenvalue weighted by Crippen LogP contribution is -2.11. The molecule has 0 saturated heterocycles. The Hall–Kier alpha value is -2.97. The Balaban J connectivity index is 1.82. The average molecular weight is 285 g/mol. The molecule has 3 rings (SSSR count). The molecule has 3 heterocycles. The van der Waals surface area contributed by atoms with Crippen molar-refractivity contribution < 1.29 is 0 Å². The zero-order valence-corrected chi connectivity index (χ0v) is 11.7. The molecule has 0 aromatic carbocycles. The fourth-order valence-corrected chi connectivity index (χ4v) is 1.79. The maximum Gasteiger partial charge on any atom is 0.257 e. The predicted octanol–water partition coefficient (Wildman–Crippen LogP) is 0.445. The Labute approximate surface area is 121 Å². The Morgan fingerprint density at radius 1 is 1.14 bits per heavy atom. The van der Waals surface area contributed by atoms with Crippen LogP contribution in [0.5, 0.6) is 0 Å². The first kappa shape index (κ1) is 13.0. The predicted molar refractivity (Wildman–Crippen MR) is 77.0 cm³/mol. The van der Waals surface area contributed by atoms with Gasteiger partial charge in [0.15, 0.2) is 0 Å². The van der Waals surface area contributed by atoms with E-state index in [4.69, 9.17) is 0 Å². The van der Waals surface area contributed by atoms with Crippen molar-refractivity contribution in [2.24, 2.45) is 7.05 Å². The minimum Gasteiger partial charge on any atom is -0.357 e. The monoisotopic (exact) mass is 285 g/mol. The highest BCUT2D eigenvalue weighted by Crippen LogP contribution is 2.09. The highest BCUT2D eigenvalue weighted by molar-refractivity contribution is 5.37. The van der Waals surface area contributed by atoms with Crippen molar-refractivity contribution >= 4 is 11.9 Å². The minimum atomic E-state index is 0.452. The second-order valence-corrected chi connectivity index (χ2v) is 4.36. The Morgan fingerprint density at radius 2 is 2.00 bits per heavy atom. The van der Waals surface area contributed by atoms with Gasteiger partial charge >= 0.3 is 0 Å². The molecule has 0 unspecified atom stereocenters. The summed E-state index contributed by atoms with van der Waals surface area (Å²) in [7, 11) is 3.63. The van der Waals surface area contributed by atoms with Crippen LogP contribution in [-0.2, 0) is 13.6 Å². The van der Waals surface area contributed by atoms with Gasteiger partial charge < -0.3 is 10.6 Å². The summed E-state index contributed by atoms with van der Waals surface area (Å²) in [5.41, 5.74) is 1.05. The first-order valence-electron chi connectivity index (χ1n) is 6.40. The lowest BCUT2D eigenvalue weighted by atomic mass is 10.4. The maximum absolute atomic E-state index is 4.35. The van der Waals surface area contributed by atoms with Gasteiger partial charge in [-0.25, -0.2) is 4.68 Å². The van der Waals surface area contributed by atoms with Gasteiger partial charge in [0, 0.05) is 44.8 Å². The van der Waals surface area contributed by atoms with Gasteiger partial charge in [0.1, 0.15) is 0 Å². The van der Waals surface area contributed by atoms with E-state index >= 15 is 0 Å². The quantitative estimate of drug-likeness (QED) is 0.702. The number of hydrogen-bond acceptors (Lipinski definition) is 7. The van der Waals surface area contributed by atoms with Crippen molar-refractivity contribution in [1.29, 1.82) is 0 Å². The van der Waals surface area contributed by atoms with E-state index in [-0.39, 0.29) is 0 Å². The fourth-order valence-electron chi connectivity index (χ4n) is 1.79. The van der Waals surface area contributed by atoms with Crippen molar-refractivity contribution in [2.45, 2.75) is 6.54 Å². The van der Waals surface area contributed by atoms with Gasteiger partial charge in [-0.3, -0.25) is 4.68 Å². The first-order valence-corrected chi connectivity index (χ1v) is 6.40. The van der Waals surface area contributed by atoms with Crippen LogP contribution in [-0.4, -0.2) is 41.6 Å². The van der Waals surface area contributed by atoms with Crippen LogP contribution < -0.4 is 10.6 Å². The fraction of sp³-hybridized carbons (Fsp3) is 0.250. The average Bonchev–Trinajstić information content (AvgIpc) is 3.16. The highest BCUT2D eigenvalue weighted by Gasteiger charge is 2.07. The van der Waals surface area contributed by atoms with E-state index in [0.29, 0.717) is 24.4 Å². The van der Waals surface area contributed by atoms with Gasteiger partial charge in [0.25, 0.3) is 5.95 Å². The summed E-state index contributed by atoms with van der Waals surface area (Å²) in [6.45, 7) is 0.583. The normalized spacial score (nSPS) is 10.6. The van der Waals surface area contributed by atoms with Crippen molar-refractivity contribution in [3.63, 3.8) is 0 Å². The Bertz CT molecular complexity index is 716. The third-order valence-corrected chi connectivity index (χ3v) is 2.77. The second-order valence-electron chi connectivity index (χ2n) is 4.36. The molecule has 0 spiro atoms. The number of aromatic nitrogens is 7. The van der Waals surface area contributed by atoms with Gasteiger partial charge in [-0.05, 0) is 6.07 Å². The molecule has 0 aliphatic heterocycles. The van der Waals surface area contributed by atoms with E-state index in [2.05, 4.69) is 35.8 Å². The number of hydrogen-bond donors (Lipinski definition) is 2. The van der Waals surface area contributed by atoms with E-state index < -0.39 is 0 Å². The summed E-state index contributed by atoms with van der Waals surface area (Å²) in [6.07, 6.45) is 7.18. The van der Waals surface area contributed by atoms with Crippen molar-refractivity contribution in [3.8, 4) is 5.95 Å². The molecular formula is C12H15N9. The molecule has 108 valence electrons. The Kier molecular flexibility index (Phi) is 3.46. The minimum absolute atomic E-state index is 0.452. The molecule has 21 heavy (non-hydrogen) atoms. The summed E-state index contributed by atoms with van der Waals surface area (Å²) >= 11 is 0. The number of anilines is 2. The lowest BCUT2D eigenvalue weighted by Gasteiger charge is -2.07. The zero-order chi connectivity index (χ0) is 14.7. The van der Waals surface area contributed by atoms with Crippen LogP contribution in [0.4, 0.5) is 11.9 Å². The number of nitrogens with one attached hydrogen (secondary N) is 2. The van der Waals surface area contributed by atoms with Crippen LogP contribution in [0.2, 0.25) is 0 Å². The summed E-state index contributed by atoms with van der Waals surface area (Å²) in [4.78, 5) is 12.9. The van der Waals surface area contributed by atoms with Crippen molar-refractivity contribution in [1.82, 2.24) is 34.5 Å². The van der Waals surface area contributed by atoms with Gasteiger partial charge in [-0.2, -0.15) is 25.1 Å². The first-order chi connectivity index (χ1) is 10.2. The van der Waals surface area contributed by atoms with Crippen LogP contribution in [0.3, 0.4) is 0 Å². The SMILES string of the molecule is CNc1nc(NCc2cnn(C)c2)nc(-n2cccn2)n1. The number of aryl methyl sites for hydroxylation is 1. The van der Waals surface area contributed by atoms with Crippen molar-refractivity contribution in [3.05, 3.63) is 36.4 Å². The molecule has 0 amide bonds. The summed E-state index contributed by atoms with van der Waals surface area (Å²) in [6, 6.07) is 1.81. The molecule has 0 aliphatic carbocycles. The molecule has 0 bridgehead atoms. The van der Waals surface area contributed by atoms with Gasteiger partial charge in [-0.15, -0.1) is 0 Å². The van der Waals surface area contributed by atoms with E-state index in [1.165, 1.54) is 0 Å². The topological polar surface area (TPSA) is 98.4 Å². The molecule has 9 heteroatoms. The van der Waals surface area contributed by atoms with Crippen LogP contribution in [0.25, 0.3) is 5.95 Å². The molecule has 0 fully saturated rings. The standard InChI is InChI=1S/C12H15N9/c1-13-10-17-11(14-6-9-7-16-20(2)8-9)19-12(18-10)21-5-3-4-15-21/h3-5,7-8H,6H2,1-2H3,(H2,13,14,17,18,19).